The summed E-state index contributed by atoms with van der Waals surface area (Å²) in [6.45, 7) is 0.802. The molecular formula is C18H19FN4. The maximum Gasteiger partial charge on any atom is 0.160 e. The number of hydrogen-bond acceptors (Lipinski definition) is 3. The Balaban J connectivity index is 1.45. The summed E-state index contributed by atoms with van der Waals surface area (Å²) in [5.41, 5.74) is 3.25. The van der Waals surface area contributed by atoms with Crippen molar-refractivity contribution in [3.05, 3.63) is 65.4 Å². The van der Waals surface area contributed by atoms with Gasteiger partial charge in [0.15, 0.2) is 5.65 Å². The predicted molar refractivity (Wildman–Crippen MR) is 86.8 cm³/mol. The van der Waals surface area contributed by atoms with Crippen LogP contribution in [0, 0.1) is 5.82 Å². The van der Waals surface area contributed by atoms with Gasteiger partial charge in [0, 0.05) is 25.2 Å². The third-order valence-electron chi connectivity index (χ3n) is 4.55. The normalized spacial score (nSPS) is 17.3. The first kappa shape index (κ1) is 14.3. The van der Waals surface area contributed by atoms with Gasteiger partial charge in [0.05, 0.1) is 0 Å². The first-order valence-electron chi connectivity index (χ1n) is 8.11. The molecule has 118 valence electrons. The van der Waals surface area contributed by atoms with Gasteiger partial charge in [-0.2, -0.15) is 0 Å². The maximum atomic E-state index is 13.5. The van der Waals surface area contributed by atoms with Crippen molar-refractivity contribution in [3.8, 4) is 0 Å². The number of halogens is 1. The molecule has 1 aliphatic carbocycles. The van der Waals surface area contributed by atoms with E-state index in [2.05, 4.69) is 15.5 Å². The number of nitrogens with one attached hydrogen (secondary N) is 1. The average molecular weight is 310 g/mol. The largest absolute Gasteiger partial charge is 0.309 e. The molecule has 0 aliphatic heterocycles. The van der Waals surface area contributed by atoms with Gasteiger partial charge in [-0.25, -0.2) is 4.39 Å². The van der Waals surface area contributed by atoms with Crippen LogP contribution in [0.4, 0.5) is 4.39 Å². The van der Waals surface area contributed by atoms with Gasteiger partial charge in [-0.1, -0.05) is 12.1 Å². The molecule has 1 N–H and O–H groups in total. The van der Waals surface area contributed by atoms with Gasteiger partial charge in [-0.15, -0.1) is 10.2 Å². The van der Waals surface area contributed by atoms with Crippen LogP contribution in [0.3, 0.4) is 0 Å². The standard InChI is InChI=1S/C18H19FN4/c19-14-8-7-13-4-3-5-16(15(13)12-14)20-10-9-18-22-21-17-6-1-2-11-23(17)18/h1-2,6-8,11-12,16,20H,3-5,9-10H2/t16-/m1/s1. The number of aryl methyl sites for hydroxylation is 1. The van der Waals surface area contributed by atoms with Crippen LogP contribution in [0.1, 0.15) is 35.8 Å². The lowest BCUT2D eigenvalue weighted by Crippen LogP contribution is -2.27. The van der Waals surface area contributed by atoms with E-state index in [1.54, 1.807) is 12.1 Å². The van der Waals surface area contributed by atoms with E-state index >= 15 is 0 Å². The zero-order valence-corrected chi connectivity index (χ0v) is 12.9. The van der Waals surface area contributed by atoms with E-state index in [1.807, 2.05) is 34.9 Å². The van der Waals surface area contributed by atoms with Crippen molar-refractivity contribution < 1.29 is 4.39 Å². The Bertz CT molecular complexity index is 827. The molecule has 2 aromatic heterocycles. The van der Waals surface area contributed by atoms with Gasteiger partial charge in [0.1, 0.15) is 11.6 Å². The summed E-state index contributed by atoms with van der Waals surface area (Å²) in [4.78, 5) is 0. The Kier molecular flexibility index (Phi) is 3.79. The summed E-state index contributed by atoms with van der Waals surface area (Å²) in [5.74, 6) is 0.796. The van der Waals surface area contributed by atoms with Gasteiger partial charge in [0.2, 0.25) is 0 Å². The first-order valence-corrected chi connectivity index (χ1v) is 8.11. The molecular weight excluding hydrogens is 291 g/mol. The third kappa shape index (κ3) is 2.84. The second-order valence-corrected chi connectivity index (χ2v) is 6.04. The highest BCUT2D eigenvalue weighted by Crippen LogP contribution is 2.30. The Labute approximate surface area is 134 Å². The van der Waals surface area contributed by atoms with Crippen LogP contribution in [0.15, 0.2) is 42.6 Å². The zero-order chi connectivity index (χ0) is 15.6. The SMILES string of the molecule is Fc1ccc2c(c1)[C@H](NCCc1nnc3ccccn13)CCC2. The van der Waals surface area contributed by atoms with Crippen LogP contribution in [0.25, 0.3) is 5.65 Å². The lowest BCUT2D eigenvalue weighted by Gasteiger charge is -2.26. The first-order chi connectivity index (χ1) is 11.3. The fraction of sp³-hybridized carbons (Fsp3) is 0.333. The van der Waals surface area contributed by atoms with E-state index in [1.165, 1.54) is 5.56 Å². The summed E-state index contributed by atoms with van der Waals surface area (Å²) in [5, 5.41) is 12.0. The van der Waals surface area contributed by atoms with E-state index < -0.39 is 0 Å². The number of pyridine rings is 1. The van der Waals surface area contributed by atoms with Gasteiger partial charge < -0.3 is 5.32 Å². The van der Waals surface area contributed by atoms with Crippen molar-refractivity contribution in [1.29, 1.82) is 0 Å². The molecule has 5 heteroatoms. The number of aromatic nitrogens is 3. The summed E-state index contributed by atoms with van der Waals surface area (Å²) < 4.78 is 15.5. The Morgan fingerprint density at radius 2 is 2.17 bits per heavy atom. The average Bonchev–Trinajstić information content (AvgIpc) is 2.99. The molecule has 0 spiro atoms. The Hall–Kier alpha value is -2.27. The van der Waals surface area contributed by atoms with Crippen LogP contribution < -0.4 is 5.32 Å². The minimum atomic E-state index is -0.152. The number of hydrogen-bond donors (Lipinski definition) is 1. The summed E-state index contributed by atoms with van der Waals surface area (Å²) in [6.07, 6.45) is 6.02. The quantitative estimate of drug-likeness (QED) is 0.805. The van der Waals surface area contributed by atoms with Gasteiger partial charge in [-0.05, 0) is 54.7 Å². The van der Waals surface area contributed by atoms with Gasteiger partial charge in [0.25, 0.3) is 0 Å². The number of fused-ring (bicyclic) bond motifs is 2. The Morgan fingerprint density at radius 1 is 1.22 bits per heavy atom. The van der Waals surface area contributed by atoms with Crippen molar-refractivity contribution in [2.45, 2.75) is 31.7 Å². The van der Waals surface area contributed by atoms with Crippen molar-refractivity contribution in [2.75, 3.05) is 6.54 Å². The molecule has 4 nitrogen and oxygen atoms in total. The lowest BCUT2D eigenvalue weighted by atomic mass is 9.87. The highest BCUT2D eigenvalue weighted by atomic mass is 19.1. The number of nitrogens with zero attached hydrogens (tertiary/aromatic N) is 3. The molecule has 1 atom stereocenters. The van der Waals surface area contributed by atoms with Gasteiger partial charge in [-0.3, -0.25) is 4.40 Å². The molecule has 1 aromatic carbocycles. The molecule has 4 rings (SSSR count). The molecule has 0 unspecified atom stereocenters. The van der Waals surface area contributed by atoms with Crippen LogP contribution in [0.5, 0.6) is 0 Å². The topological polar surface area (TPSA) is 42.2 Å². The van der Waals surface area contributed by atoms with Crippen molar-refractivity contribution >= 4 is 5.65 Å². The van der Waals surface area contributed by atoms with Gasteiger partial charge >= 0.3 is 0 Å². The second kappa shape index (κ2) is 6.08. The Morgan fingerprint density at radius 3 is 3.13 bits per heavy atom. The molecule has 0 saturated heterocycles. The van der Waals surface area contributed by atoms with E-state index in [0.717, 1.165) is 49.3 Å². The predicted octanol–water partition coefficient (Wildman–Crippen LogP) is 3.08. The van der Waals surface area contributed by atoms with Crippen molar-refractivity contribution in [2.24, 2.45) is 0 Å². The smallest absolute Gasteiger partial charge is 0.160 e. The molecule has 0 saturated carbocycles. The fourth-order valence-electron chi connectivity index (χ4n) is 3.40. The maximum absolute atomic E-state index is 13.5. The van der Waals surface area contributed by atoms with E-state index in [-0.39, 0.29) is 11.9 Å². The van der Waals surface area contributed by atoms with Crippen LogP contribution >= 0.6 is 0 Å². The highest BCUT2D eigenvalue weighted by Gasteiger charge is 2.20. The van der Waals surface area contributed by atoms with Crippen molar-refractivity contribution in [3.63, 3.8) is 0 Å². The summed E-state index contributed by atoms with van der Waals surface area (Å²) in [7, 11) is 0. The molecule has 2 heterocycles. The molecule has 23 heavy (non-hydrogen) atoms. The molecule has 1 aliphatic rings. The molecule has 0 fully saturated rings. The highest BCUT2D eigenvalue weighted by molar-refractivity contribution is 5.37. The van der Waals surface area contributed by atoms with Crippen molar-refractivity contribution in [1.82, 2.24) is 19.9 Å². The lowest BCUT2D eigenvalue weighted by molar-refractivity contribution is 0.457. The molecule has 0 bridgehead atoms. The van der Waals surface area contributed by atoms with E-state index in [0.29, 0.717) is 0 Å². The summed E-state index contributed by atoms with van der Waals surface area (Å²) in [6, 6.07) is 11.3. The van der Waals surface area contributed by atoms with Crippen LogP contribution in [-0.4, -0.2) is 21.1 Å². The summed E-state index contributed by atoms with van der Waals surface area (Å²) >= 11 is 0. The van der Waals surface area contributed by atoms with E-state index in [9.17, 15) is 4.39 Å². The fourth-order valence-corrected chi connectivity index (χ4v) is 3.40. The molecule has 0 amide bonds. The zero-order valence-electron chi connectivity index (χ0n) is 12.9. The third-order valence-corrected chi connectivity index (χ3v) is 4.55. The van der Waals surface area contributed by atoms with Crippen LogP contribution in [0.2, 0.25) is 0 Å². The minimum Gasteiger partial charge on any atom is -0.309 e. The van der Waals surface area contributed by atoms with Crippen LogP contribution in [-0.2, 0) is 12.8 Å². The second-order valence-electron chi connectivity index (χ2n) is 6.04. The van der Waals surface area contributed by atoms with E-state index in [4.69, 9.17) is 0 Å². The number of rotatable bonds is 4. The minimum absolute atomic E-state index is 0.152. The monoisotopic (exact) mass is 310 g/mol. The molecule has 0 radical (unpaired) electrons. The number of benzene rings is 1. The molecule has 3 aromatic rings.